The van der Waals surface area contributed by atoms with Gasteiger partial charge < -0.3 is 20.8 Å². The van der Waals surface area contributed by atoms with E-state index in [9.17, 15) is 10.2 Å². The smallest absolute Gasteiger partial charge is 0.229 e. The minimum absolute atomic E-state index is 0.167. The van der Waals surface area contributed by atoms with Crippen LogP contribution in [0.15, 0.2) is 54.6 Å². The van der Waals surface area contributed by atoms with E-state index < -0.39 is 0 Å². The van der Waals surface area contributed by atoms with Crippen LogP contribution in [0, 0.1) is 6.92 Å². The predicted molar refractivity (Wildman–Crippen MR) is 89.5 cm³/mol. The van der Waals surface area contributed by atoms with Crippen molar-refractivity contribution < 1.29 is 10.2 Å². The number of phenolic OH excluding ortho intramolecular Hbond substituents is 2. The molecule has 6 nitrogen and oxygen atoms in total. The number of rotatable bonds is 4. The highest BCUT2D eigenvalue weighted by atomic mass is 16.3. The number of aromatic hydroxyl groups is 2. The van der Waals surface area contributed by atoms with Gasteiger partial charge in [-0.2, -0.15) is 4.98 Å². The Balaban J connectivity index is 1.84. The maximum atomic E-state index is 9.51. The van der Waals surface area contributed by atoms with E-state index in [4.69, 9.17) is 0 Å². The monoisotopic (exact) mass is 308 g/mol. The van der Waals surface area contributed by atoms with Crippen molar-refractivity contribution in [2.45, 2.75) is 6.92 Å². The lowest BCUT2D eigenvalue weighted by Gasteiger charge is -2.10. The standard InChI is InChI=1S/C17H16N4O2/c1-11-8-16(19-12-4-2-6-14(22)9-12)21-17(18-11)20-13-5-3-7-15(23)10-13/h2-10,22-23H,1H3,(H2,18,19,20,21). The van der Waals surface area contributed by atoms with Gasteiger partial charge in [0.25, 0.3) is 0 Å². The Labute approximate surface area is 133 Å². The molecule has 0 spiro atoms. The second-order valence-corrected chi connectivity index (χ2v) is 5.07. The minimum atomic E-state index is 0.167. The first-order chi connectivity index (χ1) is 11.1. The van der Waals surface area contributed by atoms with Gasteiger partial charge in [-0.1, -0.05) is 12.1 Å². The average molecular weight is 308 g/mol. The SMILES string of the molecule is Cc1cc(Nc2cccc(O)c2)nc(Nc2cccc(O)c2)n1. The lowest BCUT2D eigenvalue weighted by atomic mass is 10.3. The fourth-order valence-electron chi connectivity index (χ4n) is 2.13. The summed E-state index contributed by atoms with van der Waals surface area (Å²) in [6.07, 6.45) is 0. The highest BCUT2D eigenvalue weighted by molar-refractivity contribution is 5.61. The molecule has 23 heavy (non-hydrogen) atoms. The van der Waals surface area contributed by atoms with Gasteiger partial charge in [-0.3, -0.25) is 0 Å². The maximum absolute atomic E-state index is 9.51. The molecule has 0 aliphatic carbocycles. The molecule has 0 aliphatic rings. The number of anilines is 4. The second kappa shape index (κ2) is 6.23. The number of phenols is 2. The number of hydrogen-bond donors (Lipinski definition) is 4. The number of nitrogens with one attached hydrogen (secondary N) is 2. The largest absolute Gasteiger partial charge is 0.508 e. The van der Waals surface area contributed by atoms with Gasteiger partial charge in [-0.15, -0.1) is 0 Å². The molecule has 0 unspecified atom stereocenters. The molecule has 1 heterocycles. The van der Waals surface area contributed by atoms with Crippen LogP contribution >= 0.6 is 0 Å². The summed E-state index contributed by atoms with van der Waals surface area (Å²) in [4.78, 5) is 8.71. The maximum Gasteiger partial charge on any atom is 0.229 e. The minimum Gasteiger partial charge on any atom is -0.508 e. The lowest BCUT2D eigenvalue weighted by molar-refractivity contribution is 0.475. The van der Waals surface area contributed by atoms with Crippen LogP contribution in [0.2, 0.25) is 0 Å². The Hall–Kier alpha value is -3.28. The number of hydrogen-bond acceptors (Lipinski definition) is 6. The number of nitrogens with zero attached hydrogens (tertiary/aromatic N) is 2. The van der Waals surface area contributed by atoms with Crippen LogP contribution in [0.1, 0.15) is 5.69 Å². The first-order valence-corrected chi connectivity index (χ1v) is 7.06. The molecule has 0 atom stereocenters. The van der Waals surface area contributed by atoms with Gasteiger partial charge in [0.15, 0.2) is 0 Å². The van der Waals surface area contributed by atoms with Crippen LogP contribution in [0.25, 0.3) is 0 Å². The quantitative estimate of drug-likeness (QED) is 0.588. The van der Waals surface area contributed by atoms with E-state index in [0.29, 0.717) is 17.5 Å². The zero-order valence-electron chi connectivity index (χ0n) is 12.5. The summed E-state index contributed by atoms with van der Waals surface area (Å²) < 4.78 is 0. The molecule has 0 saturated heterocycles. The Kier molecular flexibility index (Phi) is 3.97. The molecular weight excluding hydrogens is 292 g/mol. The van der Waals surface area contributed by atoms with Crippen LogP contribution in [0.5, 0.6) is 11.5 Å². The normalized spacial score (nSPS) is 10.3. The molecule has 0 saturated carbocycles. The molecule has 4 N–H and O–H groups in total. The van der Waals surface area contributed by atoms with Gasteiger partial charge >= 0.3 is 0 Å². The van der Waals surface area contributed by atoms with E-state index in [1.807, 2.05) is 19.1 Å². The molecule has 6 heteroatoms. The fraction of sp³-hybridized carbons (Fsp3) is 0.0588. The van der Waals surface area contributed by atoms with Crippen molar-refractivity contribution in [2.75, 3.05) is 10.6 Å². The van der Waals surface area contributed by atoms with Crippen molar-refractivity contribution in [3.63, 3.8) is 0 Å². The third kappa shape index (κ3) is 3.88. The molecular formula is C17H16N4O2. The van der Waals surface area contributed by atoms with E-state index in [1.165, 1.54) is 0 Å². The molecule has 0 radical (unpaired) electrons. The summed E-state index contributed by atoms with van der Waals surface area (Å²) >= 11 is 0. The Morgan fingerprint density at radius 2 is 1.39 bits per heavy atom. The fourth-order valence-corrected chi connectivity index (χ4v) is 2.13. The van der Waals surface area contributed by atoms with Crippen molar-refractivity contribution in [2.24, 2.45) is 0 Å². The van der Waals surface area contributed by atoms with Gasteiger partial charge in [0.1, 0.15) is 17.3 Å². The Morgan fingerprint density at radius 1 is 0.783 bits per heavy atom. The molecule has 0 aliphatic heterocycles. The van der Waals surface area contributed by atoms with Gasteiger partial charge in [0.05, 0.1) is 0 Å². The van der Waals surface area contributed by atoms with Crippen molar-refractivity contribution in [3.8, 4) is 11.5 Å². The van der Waals surface area contributed by atoms with Gasteiger partial charge in [0.2, 0.25) is 5.95 Å². The summed E-state index contributed by atoms with van der Waals surface area (Å²) in [6.45, 7) is 1.86. The van der Waals surface area contributed by atoms with Crippen molar-refractivity contribution >= 4 is 23.1 Å². The summed E-state index contributed by atoms with van der Waals surface area (Å²) in [5.41, 5.74) is 2.20. The summed E-state index contributed by atoms with van der Waals surface area (Å²) in [5.74, 6) is 1.36. The van der Waals surface area contributed by atoms with Gasteiger partial charge in [0, 0.05) is 35.3 Å². The van der Waals surface area contributed by atoms with Crippen LogP contribution in [0.4, 0.5) is 23.1 Å². The highest BCUT2D eigenvalue weighted by Gasteiger charge is 2.04. The predicted octanol–water partition coefficient (Wildman–Crippen LogP) is 3.68. The van der Waals surface area contributed by atoms with E-state index in [-0.39, 0.29) is 11.5 Å². The number of aromatic nitrogens is 2. The summed E-state index contributed by atoms with van der Waals surface area (Å²) in [7, 11) is 0. The first kappa shape index (κ1) is 14.6. The average Bonchev–Trinajstić information content (AvgIpc) is 2.46. The third-order valence-corrected chi connectivity index (χ3v) is 3.08. The van der Waals surface area contributed by atoms with Gasteiger partial charge in [-0.25, -0.2) is 4.98 Å². The molecule has 0 bridgehead atoms. The van der Waals surface area contributed by atoms with E-state index in [1.54, 1.807) is 42.5 Å². The molecule has 3 rings (SSSR count). The molecule has 116 valence electrons. The van der Waals surface area contributed by atoms with E-state index in [0.717, 1.165) is 11.4 Å². The Morgan fingerprint density at radius 3 is 2.00 bits per heavy atom. The molecule has 3 aromatic rings. The molecule has 0 amide bonds. The summed E-state index contributed by atoms with van der Waals surface area (Å²) in [5, 5.41) is 25.2. The topological polar surface area (TPSA) is 90.3 Å². The van der Waals surface area contributed by atoms with E-state index >= 15 is 0 Å². The second-order valence-electron chi connectivity index (χ2n) is 5.07. The van der Waals surface area contributed by atoms with Crippen LogP contribution in [0.3, 0.4) is 0 Å². The van der Waals surface area contributed by atoms with Crippen LogP contribution < -0.4 is 10.6 Å². The summed E-state index contributed by atoms with van der Waals surface area (Å²) in [6, 6.07) is 15.3. The van der Waals surface area contributed by atoms with Crippen molar-refractivity contribution in [3.05, 3.63) is 60.3 Å². The molecule has 1 aromatic heterocycles. The van der Waals surface area contributed by atoms with Crippen molar-refractivity contribution in [1.29, 1.82) is 0 Å². The zero-order chi connectivity index (χ0) is 16.2. The van der Waals surface area contributed by atoms with E-state index in [2.05, 4.69) is 20.6 Å². The highest BCUT2D eigenvalue weighted by Crippen LogP contribution is 2.22. The number of benzene rings is 2. The third-order valence-electron chi connectivity index (χ3n) is 3.08. The zero-order valence-corrected chi connectivity index (χ0v) is 12.5. The lowest BCUT2D eigenvalue weighted by Crippen LogP contribution is -2.02. The van der Waals surface area contributed by atoms with Gasteiger partial charge in [-0.05, 0) is 31.2 Å². The van der Waals surface area contributed by atoms with Crippen LogP contribution in [-0.2, 0) is 0 Å². The Bertz CT molecular complexity index is 771. The van der Waals surface area contributed by atoms with Crippen molar-refractivity contribution in [1.82, 2.24) is 9.97 Å². The van der Waals surface area contributed by atoms with Crippen LogP contribution in [-0.4, -0.2) is 20.2 Å². The molecule has 2 aromatic carbocycles. The number of aryl methyl sites for hydroxylation is 1. The first-order valence-electron chi connectivity index (χ1n) is 7.06. The molecule has 0 fully saturated rings.